The minimum absolute atomic E-state index is 0.0460. The second kappa shape index (κ2) is 10.9. The van der Waals surface area contributed by atoms with Gasteiger partial charge in [0.05, 0.1) is 13.2 Å². The lowest BCUT2D eigenvalue weighted by molar-refractivity contribution is -0.122. The van der Waals surface area contributed by atoms with E-state index in [9.17, 15) is 19.2 Å². The number of carbonyl (C=O) groups is 4. The van der Waals surface area contributed by atoms with Crippen LogP contribution >= 0.6 is 15.9 Å². The van der Waals surface area contributed by atoms with Crippen LogP contribution in [0.25, 0.3) is 0 Å². The van der Waals surface area contributed by atoms with Crippen LogP contribution in [0.5, 0.6) is 0 Å². The maximum atomic E-state index is 12.1. The SMILES string of the molecule is CCOC(=O)NC(=O)C(=CNc1ccc(Br)cc1)C(=O)NC(=O)OCC. The Kier molecular flexibility index (Phi) is 8.85. The highest BCUT2D eigenvalue weighted by Gasteiger charge is 2.23. The first-order valence-corrected chi connectivity index (χ1v) is 8.35. The van der Waals surface area contributed by atoms with Crippen LogP contribution in [-0.4, -0.2) is 37.2 Å². The van der Waals surface area contributed by atoms with Crippen molar-refractivity contribution in [3.05, 3.63) is 40.5 Å². The van der Waals surface area contributed by atoms with Crippen LogP contribution in [0.3, 0.4) is 0 Å². The first-order valence-electron chi connectivity index (χ1n) is 7.55. The third kappa shape index (κ3) is 7.34. The summed E-state index contributed by atoms with van der Waals surface area (Å²) in [6.07, 6.45) is -0.973. The van der Waals surface area contributed by atoms with E-state index in [4.69, 9.17) is 0 Å². The van der Waals surface area contributed by atoms with Gasteiger partial charge in [-0.2, -0.15) is 0 Å². The molecule has 0 saturated heterocycles. The topological polar surface area (TPSA) is 123 Å². The van der Waals surface area contributed by atoms with Crippen molar-refractivity contribution in [3.63, 3.8) is 0 Å². The number of benzene rings is 1. The Morgan fingerprint density at radius 3 is 1.81 bits per heavy atom. The Morgan fingerprint density at radius 2 is 1.38 bits per heavy atom. The van der Waals surface area contributed by atoms with E-state index in [2.05, 4.69) is 30.7 Å². The molecule has 0 radical (unpaired) electrons. The number of alkyl carbamates (subject to hydrolysis) is 2. The number of anilines is 1. The Morgan fingerprint density at radius 1 is 0.923 bits per heavy atom. The number of nitrogens with one attached hydrogen (secondary N) is 3. The van der Waals surface area contributed by atoms with Crippen LogP contribution in [-0.2, 0) is 19.1 Å². The van der Waals surface area contributed by atoms with Crippen LogP contribution in [0.1, 0.15) is 13.8 Å². The van der Waals surface area contributed by atoms with E-state index in [0.717, 1.165) is 10.7 Å². The number of carbonyl (C=O) groups excluding carboxylic acids is 4. The van der Waals surface area contributed by atoms with Gasteiger partial charge < -0.3 is 14.8 Å². The summed E-state index contributed by atoms with van der Waals surface area (Å²) in [7, 11) is 0. The molecule has 26 heavy (non-hydrogen) atoms. The third-order valence-corrected chi connectivity index (χ3v) is 3.23. The summed E-state index contributed by atoms with van der Waals surface area (Å²) in [5.74, 6) is -2.09. The lowest BCUT2D eigenvalue weighted by Crippen LogP contribution is -2.40. The first-order chi connectivity index (χ1) is 12.4. The Bertz CT molecular complexity index is 668. The molecule has 0 spiro atoms. The summed E-state index contributed by atoms with van der Waals surface area (Å²) >= 11 is 3.28. The van der Waals surface area contributed by atoms with Crippen molar-refractivity contribution < 1.29 is 28.7 Å². The van der Waals surface area contributed by atoms with Gasteiger partial charge in [0, 0.05) is 16.4 Å². The summed E-state index contributed by atoms with van der Waals surface area (Å²) in [4.78, 5) is 47.1. The highest BCUT2D eigenvalue weighted by Crippen LogP contribution is 2.14. The summed E-state index contributed by atoms with van der Waals surface area (Å²) < 4.78 is 10.0. The molecule has 0 unspecified atom stereocenters. The van der Waals surface area contributed by atoms with Crippen LogP contribution in [0.15, 0.2) is 40.5 Å². The Labute approximate surface area is 158 Å². The summed E-state index contributed by atoms with van der Waals surface area (Å²) in [6, 6.07) is 6.86. The van der Waals surface area contributed by atoms with Gasteiger partial charge in [0.15, 0.2) is 0 Å². The van der Waals surface area contributed by atoms with Gasteiger partial charge in [0.2, 0.25) is 0 Å². The zero-order valence-corrected chi connectivity index (χ0v) is 15.7. The molecule has 3 N–H and O–H groups in total. The molecule has 10 heteroatoms. The zero-order chi connectivity index (χ0) is 19.5. The van der Waals surface area contributed by atoms with E-state index in [1.807, 2.05) is 10.6 Å². The molecule has 0 bridgehead atoms. The number of rotatable bonds is 6. The second-order valence-electron chi connectivity index (χ2n) is 4.56. The first kappa shape index (κ1) is 21.2. The maximum absolute atomic E-state index is 12.1. The van der Waals surface area contributed by atoms with Gasteiger partial charge in [-0.05, 0) is 38.1 Å². The summed E-state index contributed by atoms with van der Waals surface area (Å²) in [5.41, 5.74) is 0.0487. The quantitative estimate of drug-likeness (QED) is 0.361. The predicted octanol–water partition coefficient (Wildman–Crippen LogP) is 2.29. The normalized spacial score (nSPS) is 9.50. The molecule has 0 fully saturated rings. The third-order valence-electron chi connectivity index (χ3n) is 2.70. The highest BCUT2D eigenvalue weighted by atomic mass is 79.9. The van der Waals surface area contributed by atoms with Crippen molar-refractivity contribution >= 4 is 45.6 Å². The molecular weight excluding hydrogens is 410 g/mol. The van der Waals surface area contributed by atoms with Gasteiger partial charge in [-0.3, -0.25) is 20.2 Å². The van der Waals surface area contributed by atoms with Gasteiger partial charge in [-0.15, -0.1) is 0 Å². The number of ether oxygens (including phenoxy) is 2. The molecule has 0 aliphatic heterocycles. The van der Waals surface area contributed by atoms with Crippen LogP contribution in [0.2, 0.25) is 0 Å². The molecule has 1 rings (SSSR count). The average Bonchev–Trinajstić information content (AvgIpc) is 2.57. The van der Waals surface area contributed by atoms with E-state index in [-0.39, 0.29) is 13.2 Å². The van der Waals surface area contributed by atoms with Crippen molar-refractivity contribution in [1.29, 1.82) is 0 Å². The van der Waals surface area contributed by atoms with Gasteiger partial charge in [-0.25, -0.2) is 9.59 Å². The van der Waals surface area contributed by atoms with E-state index < -0.39 is 29.6 Å². The van der Waals surface area contributed by atoms with Gasteiger partial charge in [0.25, 0.3) is 11.8 Å². The molecule has 0 saturated carbocycles. The van der Waals surface area contributed by atoms with Crippen molar-refractivity contribution in [2.24, 2.45) is 0 Å². The molecule has 1 aromatic rings. The molecule has 140 valence electrons. The molecule has 4 amide bonds. The summed E-state index contributed by atoms with van der Waals surface area (Å²) in [5, 5.41) is 6.50. The van der Waals surface area contributed by atoms with E-state index >= 15 is 0 Å². The molecule has 0 aromatic heterocycles. The van der Waals surface area contributed by atoms with Crippen LogP contribution in [0.4, 0.5) is 15.3 Å². The second-order valence-corrected chi connectivity index (χ2v) is 5.47. The molecule has 9 nitrogen and oxygen atoms in total. The fourth-order valence-electron chi connectivity index (χ4n) is 1.59. The zero-order valence-electron chi connectivity index (χ0n) is 14.1. The monoisotopic (exact) mass is 427 g/mol. The standard InChI is InChI=1S/C16H18BrN3O6/c1-3-25-15(23)19-13(21)12(14(22)20-16(24)26-4-2)9-18-11-7-5-10(17)6-8-11/h5-9,18H,3-4H2,1-2H3,(H,19,21,23)(H,20,22,24). The minimum atomic E-state index is -1.05. The number of amides is 4. The molecule has 0 aliphatic carbocycles. The molecule has 1 aromatic carbocycles. The molecule has 0 aliphatic rings. The fraction of sp³-hybridized carbons (Fsp3) is 0.250. The average molecular weight is 428 g/mol. The number of imide groups is 2. The van der Waals surface area contributed by atoms with Gasteiger partial charge in [0.1, 0.15) is 5.57 Å². The molecule has 0 heterocycles. The van der Waals surface area contributed by atoms with E-state index in [0.29, 0.717) is 5.69 Å². The van der Waals surface area contributed by atoms with Crippen molar-refractivity contribution in [2.75, 3.05) is 18.5 Å². The summed E-state index contributed by atoms with van der Waals surface area (Å²) in [6.45, 7) is 3.21. The van der Waals surface area contributed by atoms with Crippen molar-refractivity contribution in [2.45, 2.75) is 13.8 Å². The van der Waals surface area contributed by atoms with Crippen molar-refractivity contribution in [3.8, 4) is 0 Å². The predicted molar refractivity (Wildman–Crippen MR) is 96.2 cm³/mol. The number of hydrogen-bond acceptors (Lipinski definition) is 7. The van der Waals surface area contributed by atoms with Crippen LogP contribution in [0, 0.1) is 0 Å². The maximum Gasteiger partial charge on any atom is 0.414 e. The lowest BCUT2D eigenvalue weighted by atomic mass is 10.2. The van der Waals surface area contributed by atoms with Crippen molar-refractivity contribution in [1.82, 2.24) is 10.6 Å². The number of hydrogen-bond donors (Lipinski definition) is 3. The van der Waals surface area contributed by atoms with Crippen LogP contribution < -0.4 is 16.0 Å². The largest absolute Gasteiger partial charge is 0.450 e. The minimum Gasteiger partial charge on any atom is -0.450 e. The molecule has 0 atom stereocenters. The van der Waals surface area contributed by atoms with Gasteiger partial charge in [-0.1, -0.05) is 15.9 Å². The lowest BCUT2D eigenvalue weighted by Gasteiger charge is -2.09. The fourth-order valence-corrected chi connectivity index (χ4v) is 1.85. The van der Waals surface area contributed by atoms with E-state index in [1.165, 1.54) is 0 Å². The Hall–Kier alpha value is -2.88. The van der Waals surface area contributed by atoms with Gasteiger partial charge >= 0.3 is 12.2 Å². The number of halogens is 1. The highest BCUT2D eigenvalue weighted by molar-refractivity contribution is 9.10. The smallest absolute Gasteiger partial charge is 0.414 e. The van der Waals surface area contributed by atoms with E-state index in [1.54, 1.807) is 38.1 Å². The molecular formula is C16H18BrN3O6. The Balaban J connectivity index is 2.95.